The zero-order valence-electron chi connectivity index (χ0n) is 11.8. The molecule has 1 saturated heterocycles. The van der Waals surface area contributed by atoms with Gasteiger partial charge < -0.3 is 5.11 Å². The van der Waals surface area contributed by atoms with Gasteiger partial charge in [0.15, 0.2) is 0 Å². The van der Waals surface area contributed by atoms with E-state index >= 15 is 0 Å². The summed E-state index contributed by atoms with van der Waals surface area (Å²) in [5.41, 5.74) is 2.33. The summed E-state index contributed by atoms with van der Waals surface area (Å²) in [6, 6.07) is 8.95. The Hall–Kier alpha value is -0.860. The van der Waals surface area contributed by atoms with Crippen molar-refractivity contribution in [1.82, 2.24) is 4.90 Å². The van der Waals surface area contributed by atoms with E-state index in [0.29, 0.717) is 5.92 Å². The van der Waals surface area contributed by atoms with Crippen molar-refractivity contribution in [2.24, 2.45) is 0 Å². The fourth-order valence-corrected chi connectivity index (χ4v) is 2.46. The van der Waals surface area contributed by atoms with E-state index in [1.807, 2.05) is 6.92 Å². The second kappa shape index (κ2) is 5.41. The van der Waals surface area contributed by atoms with Gasteiger partial charge in [0, 0.05) is 19.6 Å². The van der Waals surface area contributed by atoms with Crippen LogP contribution >= 0.6 is 0 Å². The number of hydrogen-bond acceptors (Lipinski definition) is 2. The van der Waals surface area contributed by atoms with E-state index in [1.54, 1.807) is 0 Å². The molecule has 0 amide bonds. The maximum absolute atomic E-state index is 9.93. The third-order valence-electron chi connectivity index (χ3n) is 3.99. The number of benzene rings is 1. The number of aliphatic hydroxyl groups is 1. The Morgan fingerprint density at radius 3 is 2.22 bits per heavy atom. The van der Waals surface area contributed by atoms with E-state index in [9.17, 15) is 5.11 Å². The minimum atomic E-state index is -0.446. The monoisotopic (exact) mass is 247 g/mol. The summed E-state index contributed by atoms with van der Waals surface area (Å²) in [5.74, 6) is 0.601. The van der Waals surface area contributed by atoms with Gasteiger partial charge in [-0.05, 0) is 36.8 Å². The highest BCUT2D eigenvalue weighted by Crippen LogP contribution is 2.23. The topological polar surface area (TPSA) is 23.5 Å². The molecular formula is C16H25NO. The maximum atomic E-state index is 9.93. The van der Waals surface area contributed by atoms with Crippen LogP contribution in [-0.4, -0.2) is 28.7 Å². The van der Waals surface area contributed by atoms with Gasteiger partial charge in [0.05, 0.1) is 5.60 Å². The lowest BCUT2D eigenvalue weighted by Gasteiger charge is -2.35. The van der Waals surface area contributed by atoms with Crippen molar-refractivity contribution < 1.29 is 5.11 Å². The second-order valence-corrected chi connectivity index (χ2v) is 6.17. The van der Waals surface area contributed by atoms with E-state index in [4.69, 9.17) is 0 Å². The molecule has 0 aromatic heterocycles. The molecule has 1 N–H and O–H groups in total. The molecule has 0 unspecified atom stereocenters. The van der Waals surface area contributed by atoms with Gasteiger partial charge in [0.25, 0.3) is 0 Å². The van der Waals surface area contributed by atoms with Gasteiger partial charge >= 0.3 is 0 Å². The summed E-state index contributed by atoms with van der Waals surface area (Å²) in [7, 11) is 0. The summed E-state index contributed by atoms with van der Waals surface area (Å²) < 4.78 is 0. The van der Waals surface area contributed by atoms with Crippen molar-refractivity contribution in [3.05, 3.63) is 35.4 Å². The van der Waals surface area contributed by atoms with Crippen molar-refractivity contribution in [1.29, 1.82) is 0 Å². The van der Waals surface area contributed by atoms with E-state index in [0.717, 1.165) is 32.5 Å². The number of rotatable bonds is 3. The quantitative estimate of drug-likeness (QED) is 0.887. The van der Waals surface area contributed by atoms with Crippen LogP contribution in [0.5, 0.6) is 0 Å². The third-order valence-corrected chi connectivity index (χ3v) is 3.99. The molecule has 2 heteroatoms. The van der Waals surface area contributed by atoms with Crippen molar-refractivity contribution in [3.63, 3.8) is 0 Å². The predicted molar refractivity (Wildman–Crippen MR) is 75.7 cm³/mol. The molecule has 0 aliphatic carbocycles. The molecule has 0 bridgehead atoms. The molecule has 2 nitrogen and oxygen atoms in total. The molecule has 1 aromatic carbocycles. The number of hydrogen-bond donors (Lipinski definition) is 1. The molecule has 0 atom stereocenters. The van der Waals surface area contributed by atoms with Gasteiger partial charge in [0.1, 0.15) is 0 Å². The normalized spacial score (nSPS) is 20.3. The highest BCUT2D eigenvalue weighted by Gasteiger charge is 2.26. The van der Waals surface area contributed by atoms with Crippen LogP contribution in [0.25, 0.3) is 0 Å². The first-order chi connectivity index (χ1) is 8.46. The molecule has 1 aliphatic heterocycles. The van der Waals surface area contributed by atoms with Gasteiger partial charge in [-0.15, -0.1) is 0 Å². The summed E-state index contributed by atoms with van der Waals surface area (Å²) in [4.78, 5) is 2.43. The lowest BCUT2D eigenvalue weighted by Crippen LogP contribution is -2.41. The van der Waals surface area contributed by atoms with Gasteiger partial charge in [-0.1, -0.05) is 38.1 Å². The summed E-state index contributed by atoms with van der Waals surface area (Å²) >= 11 is 0. The first kappa shape index (κ1) is 13.6. The van der Waals surface area contributed by atoms with E-state index in [-0.39, 0.29) is 0 Å². The fraction of sp³-hybridized carbons (Fsp3) is 0.625. The third kappa shape index (κ3) is 3.56. The van der Waals surface area contributed by atoms with Crippen molar-refractivity contribution >= 4 is 0 Å². The number of piperidine rings is 1. The highest BCUT2D eigenvalue weighted by atomic mass is 16.3. The lowest BCUT2D eigenvalue weighted by atomic mass is 9.93. The first-order valence-corrected chi connectivity index (χ1v) is 7.00. The minimum Gasteiger partial charge on any atom is -0.390 e. The molecule has 1 aromatic rings. The van der Waals surface area contributed by atoms with Crippen LogP contribution in [0.1, 0.15) is 50.7 Å². The Bertz CT molecular complexity index is 371. The van der Waals surface area contributed by atoms with Crippen LogP contribution in [0, 0.1) is 0 Å². The van der Waals surface area contributed by atoms with Crippen molar-refractivity contribution in [2.45, 2.75) is 51.7 Å². The summed E-state index contributed by atoms with van der Waals surface area (Å²) in [5, 5.41) is 9.93. The maximum Gasteiger partial charge on any atom is 0.0644 e. The average Bonchev–Trinajstić information content (AvgIpc) is 2.33. The Kier molecular flexibility index (Phi) is 4.08. The fourth-order valence-electron chi connectivity index (χ4n) is 2.46. The molecule has 1 aliphatic rings. The molecule has 0 spiro atoms. The SMILES string of the molecule is CC(C)c1ccc(CN2CCC(C)(O)CC2)cc1. The van der Waals surface area contributed by atoms with Gasteiger partial charge in [-0.25, -0.2) is 0 Å². The Balaban J connectivity index is 1.90. The second-order valence-electron chi connectivity index (χ2n) is 6.17. The standard InChI is InChI=1S/C16H25NO/c1-13(2)15-6-4-14(5-7-15)12-17-10-8-16(3,18)9-11-17/h4-7,13,18H,8-12H2,1-3H3. The molecule has 100 valence electrons. The molecule has 2 rings (SSSR count). The van der Waals surface area contributed by atoms with Gasteiger partial charge in [0.2, 0.25) is 0 Å². The number of nitrogens with zero attached hydrogens (tertiary/aromatic N) is 1. The first-order valence-electron chi connectivity index (χ1n) is 7.00. The molecular weight excluding hydrogens is 222 g/mol. The van der Waals surface area contributed by atoms with Crippen LogP contribution in [0.3, 0.4) is 0 Å². The van der Waals surface area contributed by atoms with Crippen molar-refractivity contribution in [2.75, 3.05) is 13.1 Å². The Labute approximate surface area is 111 Å². The lowest BCUT2D eigenvalue weighted by molar-refractivity contribution is -0.00730. The van der Waals surface area contributed by atoms with E-state index in [2.05, 4.69) is 43.0 Å². The van der Waals surface area contributed by atoms with Crippen LogP contribution in [0.4, 0.5) is 0 Å². The van der Waals surface area contributed by atoms with Crippen LogP contribution in [0.15, 0.2) is 24.3 Å². The van der Waals surface area contributed by atoms with Gasteiger partial charge in [-0.3, -0.25) is 4.90 Å². The number of likely N-dealkylation sites (tertiary alicyclic amines) is 1. The van der Waals surface area contributed by atoms with Crippen LogP contribution in [0.2, 0.25) is 0 Å². The zero-order chi connectivity index (χ0) is 13.2. The predicted octanol–water partition coefficient (Wildman–Crippen LogP) is 3.16. The smallest absolute Gasteiger partial charge is 0.0644 e. The van der Waals surface area contributed by atoms with Crippen LogP contribution < -0.4 is 0 Å². The summed E-state index contributed by atoms with van der Waals surface area (Å²) in [6.07, 6.45) is 1.77. The highest BCUT2D eigenvalue weighted by molar-refractivity contribution is 5.24. The average molecular weight is 247 g/mol. The largest absolute Gasteiger partial charge is 0.390 e. The van der Waals surface area contributed by atoms with Crippen molar-refractivity contribution in [3.8, 4) is 0 Å². The zero-order valence-corrected chi connectivity index (χ0v) is 11.8. The Morgan fingerprint density at radius 1 is 1.17 bits per heavy atom. The van der Waals surface area contributed by atoms with E-state index in [1.165, 1.54) is 11.1 Å². The molecule has 0 radical (unpaired) electrons. The summed E-state index contributed by atoms with van der Waals surface area (Å²) in [6.45, 7) is 9.40. The molecule has 1 fully saturated rings. The minimum absolute atomic E-state index is 0.446. The van der Waals surface area contributed by atoms with Gasteiger partial charge in [-0.2, -0.15) is 0 Å². The Morgan fingerprint density at radius 2 is 1.72 bits per heavy atom. The molecule has 18 heavy (non-hydrogen) atoms. The molecule has 0 saturated carbocycles. The molecule has 1 heterocycles. The van der Waals surface area contributed by atoms with E-state index < -0.39 is 5.60 Å². The van der Waals surface area contributed by atoms with Crippen LogP contribution in [-0.2, 0) is 6.54 Å².